The van der Waals surface area contributed by atoms with Crippen molar-refractivity contribution in [2.45, 2.75) is 10.8 Å². The van der Waals surface area contributed by atoms with E-state index in [-0.39, 0.29) is 17.6 Å². The van der Waals surface area contributed by atoms with Gasteiger partial charge in [0.2, 0.25) is 0 Å². The van der Waals surface area contributed by atoms with Crippen molar-refractivity contribution in [2.75, 3.05) is 0 Å². The Balaban J connectivity index is 2.04. The average Bonchev–Trinajstić information content (AvgIpc) is 2.59. The smallest absolute Gasteiger partial charge is 0.180 e. The molecule has 3 heteroatoms. The maximum absolute atomic E-state index is 11.5. The number of hydrogen-bond acceptors (Lipinski definition) is 1. The van der Waals surface area contributed by atoms with Gasteiger partial charge in [0.1, 0.15) is 0 Å². The van der Waals surface area contributed by atoms with Crippen molar-refractivity contribution in [3.8, 4) is 0 Å². The molecule has 0 saturated heterocycles. The summed E-state index contributed by atoms with van der Waals surface area (Å²) in [6, 6.07) is 0. The predicted molar refractivity (Wildman–Crippen MR) is 47.2 cm³/mol. The fourth-order valence-electron chi connectivity index (χ4n) is 2.96. The van der Waals surface area contributed by atoms with Gasteiger partial charge in [-0.1, -0.05) is 35.4 Å². The van der Waals surface area contributed by atoms with E-state index in [0.29, 0.717) is 11.8 Å². The minimum Gasteiger partial charge on any atom is -0.296 e. The van der Waals surface area contributed by atoms with Gasteiger partial charge >= 0.3 is 0 Å². The number of hydrogen-bond donors (Lipinski definition) is 0. The molecule has 0 aliphatic heterocycles. The fraction of sp³-hybridized carbons (Fsp3) is 0.667. The molecule has 12 heavy (non-hydrogen) atoms. The number of Topliss-reactive ketones (excluding diaryl/α,β-unsaturated/α-hetero) is 1. The highest BCUT2D eigenvalue weighted by atomic mass is 35.5. The number of alkyl halides is 2. The first-order valence-electron chi connectivity index (χ1n) is 4.23. The standard InChI is InChI=1S/C9H8Cl2O/c10-9(11)7-5-2-1-4(3-5)6(7)8(9)12/h1-2,4-7H,3H2/t4-,5-,6+,7-/m0/s1. The highest BCUT2D eigenvalue weighted by molar-refractivity contribution is 6.61. The molecule has 0 radical (unpaired) electrons. The molecular weight excluding hydrogens is 195 g/mol. The molecule has 1 nitrogen and oxygen atoms in total. The Morgan fingerprint density at radius 1 is 1.33 bits per heavy atom. The molecule has 2 saturated carbocycles. The number of carbonyl (C=O) groups excluding carboxylic acids is 1. The monoisotopic (exact) mass is 202 g/mol. The van der Waals surface area contributed by atoms with E-state index in [0.717, 1.165) is 6.42 Å². The molecule has 0 N–H and O–H groups in total. The van der Waals surface area contributed by atoms with Crippen LogP contribution in [0.5, 0.6) is 0 Å². The van der Waals surface area contributed by atoms with E-state index in [1.807, 2.05) is 0 Å². The lowest BCUT2D eigenvalue weighted by molar-refractivity contribution is -0.136. The molecule has 0 aromatic rings. The van der Waals surface area contributed by atoms with E-state index in [9.17, 15) is 4.79 Å². The first-order valence-corrected chi connectivity index (χ1v) is 4.98. The molecule has 0 spiro atoms. The molecule has 2 bridgehead atoms. The summed E-state index contributed by atoms with van der Waals surface area (Å²) in [6.45, 7) is 0. The summed E-state index contributed by atoms with van der Waals surface area (Å²) in [7, 11) is 0. The van der Waals surface area contributed by atoms with E-state index >= 15 is 0 Å². The molecule has 4 atom stereocenters. The molecule has 2 fully saturated rings. The largest absolute Gasteiger partial charge is 0.296 e. The lowest BCUT2D eigenvalue weighted by atomic mass is 9.66. The topological polar surface area (TPSA) is 17.1 Å². The van der Waals surface area contributed by atoms with Crippen molar-refractivity contribution >= 4 is 29.0 Å². The third-order valence-electron chi connectivity index (χ3n) is 3.51. The van der Waals surface area contributed by atoms with Gasteiger partial charge in [0.15, 0.2) is 10.1 Å². The van der Waals surface area contributed by atoms with Gasteiger partial charge in [-0.2, -0.15) is 0 Å². The summed E-state index contributed by atoms with van der Waals surface area (Å²) in [4.78, 5) is 11.5. The van der Waals surface area contributed by atoms with Gasteiger partial charge in [0.25, 0.3) is 0 Å². The summed E-state index contributed by atoms with van der Waals surface area (Å²) < 4.78 is -1.06. The fourth-order valence-corrected chi connectivity index (χ4v) is 3.81. The lowest BCUT2D eigenvalue weighted by Gasteiger charge is -2.46. The molecule has 0 aromatic heterocycles. The van der Waals surface area contributed by atoms with Crippen molar-refractivity contribution in [2.24, 2.45) is 23.7 Å². The van der Waals surface area contributed by atoms with Crippen LogP contribution < -0.4 is 0 Å². The molecule has 3 aliphatic carbocycles. The van der Waals surface area contributed by atoms with Crippen LogP contribution in [0.25, 0.3) is 0 Å². The minimum absolute atomic E-state index is 0.0488. The van der Waals surface area contributed by atoms with Gasteiger partial charge in [0.05, 0.1) is 0 Å². The summed E-state index contributed by atoms with van der Waals surface area (Å²) in [5.41, 5.74) is 0. The molecule has 3 rings (SSSR count). The van der Waals surface area contributed by atoms with Crippen molar-refractivity contribution in [3.05, 3.63) is 12.2 Å². The normalized spacial score (nSPS) is 52.3. The highest BCUT2D eigenvalue weighted by Gasteiger charge is 2.68. The third-order valence-corrected chi connectivity index (χ3v) is 4.39. The quantitative estimate of drug-likeness (QED) is 0.435. The molecule has 3 aliphatic rings. The van der Waals surface area contributed by atoms with Crippen LogP contribution in [0, 0.1) is 23.7 Å². The summed E-state index contributed by atoms with van der Waals surface area (Å²) in [6.07, 6.45) is 5.40. The van der Waals surface area contributed by atoms with Crippen molar-refractivity contribution in [1.82, 2.24) is 0 Å². The number of allylic oxidation sites excluding steroid dienone is 2. The average molecular weight is 203 g/mol. The first kappa shape index (κ1) is 7.40. The number of rotatable bonds is 0. The second kappa shape index (κ2) is 1.91. The SMILES string of the molecule is O=C1[C@H]2[C@H]([C@H]3C=C[C@H]2C3)C1(Cl)Cl. The van der Waals surface area contributed by atoms with E-state index in [1.54, 1.807) is 0 Å². The number of carbonyl (C=O) groups is 1. The lowest BCUT2D eigenvalue weighted by Crippen LogP contribution is -2.57. The maximum Gasteiger partial charge on any atom is 0.180 e. The van der Waals surface area contributed by atoms with Crippen LogP contribution in [0.2, 0.25) is 0 Å². The van der Waals surface area contributed by atoms with E-state index in [2.05, 4.69) is 12.2 Å². The van der Waals surface area contributed by atoms with Crippen LogP contribution in [-0.2, 0) is 4.79 Å². The Morgan fingerprint density at radius 3 is 2.67 bits per heavy atom. The van der Waals surface area contributed by atoms with Gasteiger partial charge in [-0.3, -0.25) is 4.79 Å². The summed E-state index contributed by atoms with van der Waals surface area (Å²) in [5.74, 6) is 1.32. The molecule has 0 heterocycles. The number of fused-ring (bicyclic) bond motifs is 5. The van der Waals surface area contributed by atoms with Crippen molar-refractivity contribution in [3.63, 3.8) is 0 Å². The van der Waals surface area contributed by atoms with Crippen LogP contribution in [-0.4, -0.2) is 10.1 Å². The van der Waals surface area contributed by atoms with Crippen LogP contribution in [0.1, 0.15) is 6.42 Å². The molecule has 0 amide bonds. The van der Waals surface area contributed by atoms with Gasteiger partial charge in [-0.25, -0.2) is 0 Å². The Hall–Kier alpha value is -0.0100. The summed E-state index contributed by atoms with van der Waals surface area (Å²) >= 11 is 11.9. The van der Waals surface area contributed by atoms with Crippen molar-refractivity contribution < 1.29 is 4.79 Å². The van der Waals surface area contributed by atoms with Crippen LogP contribution in [0.15, 0.2) is 12.2 Å². The molecule has 0 unspecified atom stereocenters. The summed E-state index contributed by atoms with van der Waals surface area (Å²) in [5, 5.41) is 0. The molecular formula is C9H8Cl2O. The second-order valence-electron chi connectivity index (χ2n) is 3.99. The Kier molecular flexibility index (Phi) is 1.18. The van der Waals surface area contributed by atoms with Crippen LogP contribution in [0.3, 0.4) is 0 Å². The van der Waals surface area contributed by atoms with E-state index < -0.39 is 4.33 Å². The Morgan fingerprint density at radius 2 is 2.00 bits per heavy atom. The van der Waals surface area contributed by atoms with Gasteiger partial charge in [-0.05, 0) is 18.3 Å². The van der Waals surface area contributed by atoms with Gasteiger partial charge < -0.3 is 0 Å². The zero-order chi connectivity index (χ0) is 8.51. The minimum atomic E-state index is -1.06. The third kappa shape index (κ3) is 0.590. The number of ketones is 1. The van der Waals surface area contributed by atoms with E-state index in [1.165, 1.54) is 0 Å². The first-order chi connectivity index (χ1) is 5.62. The van der Waals surface area contributed by atoms with Crippen LogP contribution >= 0.6 is 23.2 Å². The maximum atomic E-state index is 11.5. The van der Waals surface area contributed by atoms with Gasteiger partial charge in [-0.15, -0.1) is 0 Å². The molecule has 0 aromatic carbocycles. The molecule has 64 valence electrons. The highest BCUT2D eigenvalue weighted by Crippen LogP contribution is 2.64. The zero-order valence-electron chi connectivity index (χ0n) is 6.34. The van der Waals surface area contributed by atoms with Crippen LogP contribution in [0.4, 0.5) is 0 Å². The van der Waals surface area contributed by atoms with Crippen molar-refractivity contribution in [1.29, 1.82) is 0 Å². The van der Waals surface area contributed by atoms with Gasteiger partial charge in [0, 0.05) is 11.8 Å². The second-order valence-corrected chi connectivity index (χ2v) is 5.37. The Labute approximate surface area is 80.7 Å². The zero-order valence-corrected chi connectivity index (χ0v) is 7.85. The Bertz CT molecular complexity index is 295. The number of halogens is 2. The van der Waals surface area contributed by atoms with E-state index in [4.69, 9.17) is 23.2 Å². The predicted octanol–water partition coefficient (Wildman–Crippen LogP) is 2.18.